The van der Waals surface area contributed by atoms with E-state index in [1.807, 2.05) is 18.7 Å². The van der Waals surface area contributed by atoms with Crippen molar-refractivity contribution in [2.75, 3.05) is 13.7 Å². The van der Waals surface area contributed by atoms with E-state index in [1.165, 1.54) is 0 Å². The molecule has 68 valence electrons. The van der Waals surface area contributed by atoms with Gasteiger partial charge in [-0.15, -0.1) is 0 Å². The molecule has 0 saturated heterocycles. The van der Waals surface area contributed by atoms with Crippen molar-refractivity contribution < 1.29 is 4.74 Å². The molecule has 0 radical (unpaired) electrons. The Morgan fingerprint density at radius 2 is 2.25 bits per heavy atom. The summed E-state index contributed by atoms with van der Waals surface area (Å²) in [7, 11) is 3.56. The zero-order chi connectivity index (χ0) is 9.14. The molecule has 1 rings (SSSR count). The largest absolute Gasteiger partial charge is 0.493 e. The van der Waals surface area contributed by atoms with Crippen LogP contribution in [0.15, 0.2) is 0 Å². The molecule has 0 fully saturated rings. The van der Waals surface area contributed by atoms with E-state index in [1.54, 1.807) is 7.11 Å². The molecule has 12 heavy (non-hydrogen) atoms. The number of methoxy groups -OCH3 is 1. The number of aromatic nitrogens is 2. The Kier molecular flexibility index (Phi) is 2.70. The molecular weight excluding hydrogens is 154 g/mol. The van der Waals surface area contributed by atoms with Crippen molar-refractivity contribution in [2.45, 2.75) is 13.3 Å². The van der Waals surface area contributed by atoms with E-state index < -0.39 is 0 Å². The summed E-state index contributed by atoms with van der Waals surface area (Å²) in [6, 6.07) is 0. The van der Waals surface area contributed by atoms with Gasteiger partial charge in [0.15, 0.2) is 5.75 Å². The summed E-state index contributed by atoms with van der Waals surface area (Å²) in [5, 5.41) is 4.24. The Morgan fingerprint density at radius 1 is 1.58 bits per heavy atom. The van der Waals surface area contributed by atoms with Gasteiger partial charge in [0.2, 0.25) is 0 Å². The zero-order valence-electron chi connectivity index (χ0n) is 7.79. The van der Waals surface area contributed by atoms with Crippen LogP contribution in [0.1, 0.15) is 11.4 Å². The minimum Gasteiger partial charge on any atom is -0.493 e. The van der Waals surface area contributed by atoms with Crippen molar-refractivity contribution in [1.82, 2.24) is 9.78 Å². The molecule has 2 N–H and O–H groups in total. The average molecular weight is 169 g/mol. The van der Waals surface area contributed by atoms with Crippen molar-refractivity contribution >= 4 is 0 Å². The van der Waals surface area contributed by atoms with E-state index in [2.05, 4.69) is 5.10 Å². The van der Waals surface area contributed by atoms with E-state index in [4.69, 9.17) is 10.5 Å². The molecule has 0 unspecified atom stereocenters. The highest BCUT2D eigenvalue weighted by atomic mass is 16.5. The topological polar surface area (TPSA) is 53.1 Å². The first-order valence-corrected chi connectivity index (χ1v) is 3.97. The highest BCUT2D eigenvalue weighted by Gasteiger charge is 2.11. The van der Waals surface area contributed by atoms with Crippen LogP contribution in [0, 0.1) is 6.92 Å². The smallest absolute Gasteiger partial charge is 0.162 e. The van der Waals surface area contributed by atoms with Gasteiger partial charge in [-0.05, 0) is 13.5 Å². The number of ether oxygens (including phenoxy) is 1. The molecule has 0 saturated carbocycles. The molecule has 0 amide bonds. The predicted octanol–water partition coefficient (Wildman–Crippen LogP) is 0.238. The maximum Gasteiger partial charge on any atom is 0.162 e. The molecule has 0 aliphatic carbocycles. The molecule has 0 aliphatic rings. The van der Waals surface area contributed by atoms with Gasteiger partial charge in [0.1, 0.15) is 5.69 Å². The van der Waals surface area contributed by atoms with Gasteiger partial charge in [0.05, 0.1) is 12.8 Å². The van der Waals surface area contributed by atoms with Crippen LogP contribution in [-0.2, 0) is 13.5 Å². The van der Waals surface area contributed by atoms with E-state index in [0.29, 0.717) is 6.54 Å². The first kappa shape index (κ1) is 9.06. The molecule has 1 aromatic heterocycles. The molecule has 0 bridgehead atoms. The number of nitrogens with two attached hydrogens (primary N) is 1. The maximum atomic E-state index is 5.47. The Bertz CT molecular complexity index is 268. The third-order valence-electron chi connectivity index (χ3n) is 1.87. The van der Waals surface area contributed by atoms with Gasteiger partial charge in [-0.25, -0.2) is 0 Å². The third-order valence-corrected chi connectivity index (χ3v) is 1.87. The highest BCUT2D eigenvalue weighted by molar-refractivity contribution is 5.32. The third kappa shape index (κ3) is 1.43. The zero-order valence-corrected chi connectivity index (χ0v) is 7.79. The van der Waals surface area contributed by atoms with Crippen LogP contribution >= 0.6 is 0 Å². The predicted molar refractivity (Wildman–Crippen MR) is 47.3 cm³/mol. The first-order chi connectivity index (χ1) is 5.70. The summed E-state index contributed by atoms with van der Waals surface area (Å²) in [5.41, 5.74) is 7.45. The minimum atomic E-state index is 0.620. The van der Waals surface area contributed by atoms with E-state index >= 15 is 0 Å². The second kappa shape index (κ2) is 3.58. The van der Waals surface area contributed by atoms with Crippen LogP contribution in [0.5, 0.6) is 5.75 Å². The number of hydrogen-bond acceptors (Lipinski definition) is 3. The van der Waals surface area contributed by atoms with Crippen molar-refractivity contribution in [1.29, 1.82) is 0 Å². The number of nitrogens with zero attached hydrogens (tertiary/aromatic N) is 2. The SMILES string of the molecule is COc1c(C)nn(C)c1CCN. The number of aryl methyl sites for hydroxylation is 2. The van der Waals surface area contributed by atoms with E-state index in [0.717, 1.165) is 23.6 Å². The Morgan fingerprint density at radius 3 is 2.75 bits per heavy atom. The molecule has 1 heterocycles. The fourth-order valence-electron chi connectivity index (χ4n) is 1.36. The maximum absolute atomic E-state index is 5.47. The molecular formula is C8H15N3O. The molecule has 0 aromatic carbocycles. The van der Waals surface area contributed by atoms with Crippen LogP contribution < -0.4 is 10.5 Å². The second-order valence-electron chi connectivity index (χ2n) is 2.73. The van der Waals surface area contributed by atoms with Crippen LogP contribution in [0.2, 0.25) is 0 Å². The number of rotatable bonds is 3. The van der Waals surface area contributed by atoms with Gasteiger partial charge in [-0.1, -0.05) is 0 Å². The lowest BCUT2D eigenvalue weighted by Gasteiger charge is -2.02. The molecule has 0 spiro atoms. The Labute approximate surface area is 72.3 Å². The van der Waals surface area contributed by atoms with Gasteiger partial charge in [-0.2, -0.15) is 5.10 Å². The van der Waals surface area contributed by atoms with E-state index in [-0.39, 0.29) is 0 Å². The van der Waals surface area contributed by atoms with Gasteiger partial charge in [0, 0.05) is 13.5 Å². The lowest BCUT2D eigenvalue weighted by atomic mass is 10.2. The minimum absolute atomic E-state index is 0.620. The average Bonchev–Trinajstić information content (AvgIpc) is 2.28. The normalized spacial score (nSPS) is 10.3. The molecule has 4 nitrogen and oxygen atoms in total. The van der Waals surface area contributed by atoms with Crippen molar-refractivity contribution in [2.24, 2.45) is 12.8 Å². The lowest BCUT2D eigenvalue weighted by molar-refractivity contribution is 0.405. The van der Waals surface area contributed by atoms with E-state index in [9.17, 15) is 0 Å². The van der Waals surface area contributed by atoms with Gasteiger partial charge >= 0.3 is 0 Å². The van der Waals surface area contributed by atoms with Crippen molar-refractivity contribution in [3.63, 3.8) is 0 Å². The van der Waals surface area contributed by atoms with Crippen molar-refractivity contribution in [3.8, 4) is 5.75 Å². The first-order valence-electron chi connectivity index (χ1n) is 3.97. The summed E-state index contributed by atoms with van der Waals surface area (Å²) in [6.07, 6.45) is 0.806. The van der Waals surface area contributed by atoms with Crippen LogP contribution in [0.25, 0.3) is 0 Å². The van der Waals surface area contributed by atoms with Gasteiger partial charge in [-0.3, -0.25) is 4.68 Å². The van der Waals surface area contributed by atoms with Gasteiger partial charge in [0.25, 0.3) is 0 Å². The fraction of sp³-hybridized carbons (Fsp3) is 0.625. The van der Waals surface area contributed by atoms with Crippen LogP contribution in [-0.4, -0.2) is 23.4 Å². The second-order valence-corrected chi connectivity index (χ2v) is 2.73. The summed E-state index contributed by atoms with van der Waals surface area (Å²) in [4.78, 5) is 0. The lowest BCUT2D eigenvalue weighted by Crippen LogP contribution is -2.08. The molecule has 0 aliphatic heterocycles. The fourth-order valence-corrected chi connectivity index (χ4v) is 1.36. The Balaban J connectivity index is 3.04. The summed E-state index contributed by atoms with van der Waals surface area (Å²) >= 11 is 0. The monoisotopic (exact) mass is 169 g/mol. The van der Waals surface area contributed by atoms with Crippen molar-refractivity contribution in [3.05, 3.63) is 11.4 Å². The molecule has 1 aromatic rings. The van der Waals surface area contributed by atoms with Gasteiger partial charge < -0.3 is 10.5 Å². The summed E-state index contributed by atoms with van der Waals surface area (Å²) < 4.78 is 7.03. The summed E-state index contributed by atoms with van der Waals surface area (Å²) in [5.74, 6) is 0.864. The molecule has 0 atom stereocenters. The Hall–Kier alpha value is -1.03. The summed E-state index contributed by atoms with van der Waals surface area (Å²) in [6.45, 7) is 2.55. The van der Waals surface area contributed by atoms with Crippen LogP contribution in [0.4, 0.5) is 0 Å². The quantitative estimate of drug-likeness (QED) is 0.705. The molecule has 4 heteroatoms. The van der Waals surface area contributed by atoms with Crippen LogP contribution in [0.3, 0.4) is 0 Å². The number of hydrogen-bond donors (Lipinski definition) is 1. The standard InChI is InChI=1S/C8H15N3O/c1-6-8(12-3)7(4-5-9)11(2)10-6/h4-5,9H2,1-3H3. The highest BCUT2D eigenvalue weighted by Crippen LogP contribution is 2.21.